The largest absolute Gasteiger partial charge is 0.387 e. The van der Waals surface area contributed by atoms with Crippen molar-refractivity contribution in [2.75, 3.05) is 13.1 Å². The molecule has 2 nitrogen and oxygen atoms in total. The number of nitrogens with zero attached hydrogens (tertiary/aromatic N) is 1. The van der Waals surface area contributed by atoms with Crippen LogP contribution in [0.15, 0.2) is 24.3 Å². The van der Waals surface area contributed by atoms with E-state index >= 15 is 0 Å². The van der Waals surface area contributed by atoms with Crippen LogP contribution in [0, 0.1) is 5.92 Å². The molecule has 0 amide bonds. The second kappa shape index (κ2) is 7.66. The molecule has 0 heterocycles. The lowest BCUT2D eigenvalue weighted by molar-refractivity contribution is 0.0877. The highest BCUT2D eigenvalue weighted by atomic mass is 16.3. The first-order chi connectivity index (χ1) is 8.93. The Morgan fingerprint density at radius 1 is 1.00 bits per heavy atom. The van der Waals surface area contributed by atoms with E-state index in [0.717, 1.165) is 18.5 Å². The Labute approximate surface area is 118 Å². The quantitative estimate of drug-likeness (QED) is 0.811. The van der Waals surface area contributed by atoms with Crippen LogP contribution in [0.25, 0.3) is 0 Å². The van der Waals surface area contributed by atoms with Crippen LogP contribution in [0.1, 0.15) is 51.8 Å². The molecule has 19 heavy (non-hydrogen) atoms. The third kappa shape index (κ3) is 5.33. The average molecular weight is 263 g/mol. The second-order valence-electron chi connectivity index (χ2n) is 6.05. The Morgan fingerprint density at radius 3 is 2.00 bits per heavy atom. The minimum Gasteiger partial charge on any atom is -0.387 e. The van der Waals surface area contributed by atoms with Crippen molar-refractivity contribution in [3.05, 3.63) is 35.4 Å². The van der Waals surface area contributed by atoms with Crippen molar-refractivity contribution in [1.29, 1.82) is 0 Å². The van der Waals surface area contributed by atoms with E-state index in [1.54, 1.807) is 0 Å². The summed E-state index contributed by atoms with van der Waals surface area (Å²) in [6.45, 7) is 12.7. The van der Waals surface area contributed by atoms with E-state index in [0.29, 0.717) is 18.5 Å². The molecule has 1 atom stereocenters. The zero-order valence-electron chi connectivity index (χ0n) is 13.1. The van der Waals surface area contributed by atoms with Crippen molar-refractivity contribution in [3.63, 3.8) is 0 Å². The third-order valence-corrected chi connectivity index (χ3v) is 3.51. The van der Waals surface area contributed by atoms with E-state index < -0.39 is 6.10 Å². The van der Waals surface area contributed by atoms with Gasteiger partial charge in [-0.05, 0) is 37.3 Å². The zero-order valence-corrected chi connectivity index (χ0v) is 13.1. The normalized spacial score (nSPS) is 13.5. The van der Waals surface area contributed by atoms with Gasteiger partial charge >= 0.3 is 0 Å². The maximum Gasteiger partial charge on any atom is 0.0917 e. The lowest BCUT2D eigenvalue weighted by atomic mass is 10.0. The number of rotatable bonds is 7. The number of hydrogen-bond donors (Lipinski definition) is 1. The molecule has 0 aliphatic heterocycles. The predicted octanol–water partition coefficient (Wildman–Crippen LogP) is 3.65. The van der Waals surface area contributed by atoms with Crippen molar-refractivity contribution in [1.82, 2.24) is 4.90 Å². The molecule has 1 N–H and O–H groups in total. The number of aliphatic hydroxyl groups excluding tert-OH is 1. The number of aliphatic hydroxyl groups is 1. The molecule has 2 heteroatoms. The van der Waals surface area contributed by atoms with E-state index in [2.05, 4.69) is 63.8 Å². The van der Waals surface area contributed by atoms with Crippen LogP contribution < -0.4 is 0 Å². The lowest BCUT2D eigenvalue weighted by Gasteiger charge is -2.30. The van der Waals surface area contributed by atoms with E-state index in [4.69, 9.17) is 0 Å². The van der Waals surface area contributed by atoms with Gasteiger partial charge in [0, 0.05) is 19.1 Å². The molecular formula is C17H29NO. The second-order valence-corrected chi connectivity index (χ2v) is 6.05. The maximum atomic E-state index is 10.4. The van der Waals surface area contributed by atoms with Crippen LogP contribution in [-0.2, 0) is 6.42 Å². The Morgan fingerprint density at radius 2 is 1.58 bits per heavy atom. The fourth-order valence-electron chi connectivity index (χ4n) is 2.27. The molecule has 0 radical (unpaired) electrons. The van der Waals surface area contributed by atoms with E-state index in [1.807, 2.05) is 0 Å². The standard InChI is InChI=1S/C17H29NO/c1-6-15-7-9-16(10-8-15)17(19)12-18(14(4)5)11-13(2)3/h7-10,13-14,17,19H,6,11-12H2,1-5H3. The summed E-state index contributed by atoms with van der Waals surface area (Å²) in [7, 11) is 0. The molecule has 1 aromatic rings. The van der Waals surface area contributed by atoms with Crippen molar-refractivity contribution in [2.45, 2.75) is 53.2 Å². The van der Waals surface area contributed by atoms with Gasteiger partial charge in [-0.1, -0.05) is 45.0 Å². The van der Waals surface area contributed by atoms with Gasteiger partial charge in [-0.15, -0.1) is 0 Å². The summed E-state index contributed by atoms with van der Waals surface area (Å²) >= 11 is 0. The first-order valence-corrected chi connectivity index (χ1v) is 7.45. The first-order valence-electron chi connectivity index (χ1n) is 7.45. The van der Waals surface area contributed by atoms with Gasteiger partial charge in [0.2, 0.25) is 0 Å². The highest BCUT2D eigenvalue weighted by Crippen LogP contribution is 2.17. The monoisotopic (exact) mass is 263 g/mol. The molecule has 0 aromatic heterocycles. The summed E-state index contributed by atoms with van der Waals surface area (Å²) in [6, 6.07) is 8.79. The predicted molar refractivity (Wildman–Crippen MR) is 82.3 cm³/mol. The molecular weight excluding hydrogens is 234 g/mol. The maximum absolute atomic E-state index is 10.4. The van der Waals surface area contributed by atoms with Gasteiger partial charge in [0.25, 0.3) is 0 Å². The van der Waals surface area contributed by atoms with E-state index in [1.165, 1.54) is 5.56 Å². The molecule has 0 bridgehead atoms. The number of hydrogen-bond acceptors (Lipinski definition) is 2. The van der Waals surface area contributed by atoms with Crippen LogP contribution in [-0.4, -0.2) is 29.1 Å². The molecule has 0 aliphatic rings. The van der Waals surface area contributed by atoms with Gasteiger partial charge in [-0.2, -0.15) is 0 Å². The van der Waals surface area contributed by atoms with E-state index in [-0.39, 0.29) is 0 Å². The van der Waals surface area contributed by atoms with Crippen molar-refractivity contribution < 1.29 is 5.11 Å². The van der Waals surface area contributed by atoms with Crippen molar-refractivity contribution in [2.24, 2.45) is 5.92 Å². The minimum absolute atomic E-state index is 0.396. The zero-order chi connectivity index (χ0) is 14.4. The van der Waals surface area contributed by atoms with Crippen LogP contribution in [0.4, 0.5) is 0 Å². The SMILES string of the molecule is CCc1ccc(C(O)CN(CC(C)C)C(C)C)cc1. The molecule has 0 aliphatic carbocycles. The smallest absolute Gasteiger partial charge is 0.0917 e. The molecule has 0 saturated heterocycles. The van der Waals surface area contributed by atoms with Crippen LogP contribution in [0.5, 0.6) is 0 Å². The van der Waals surface area contributed by atoms with Crippen LogP contribution in [0.2, 0.25) is 0 Å². The molecule has 1 rings (SSSR count). The van der Waals surface area contributed by atoms with Crippen molar-refractivity contribution >= 4 is 0 Å². The van der Waals surface area contributed by atoms with Gasteiger partial charge in [0.05, 0.1) is 6.10 Å². The Bertz CT molecular complexity index is 356. The van der Waals surface area contributed by atoms with Gasteiger partial charge in [-0.25, -0.2) is 0 Å². The lowest BCUT2D eigenvalue weighted by Crippen LogP contribution is -2.37. The average Bonchev–Trinajstić information content (AvgIpc) is 2.37. The topological polar surface area (TPSA) is 23.5 Å². The first kappa shape index (κ1) is 16.2. The summed E-state index contributed by atoms with van der Waals surface area (Å²) in [5, 5.41) is 10.4. The Hall–Kier alpha value is -0.860. The van der Waals surface area contributed by atoms with Gasteiger partial charge < -0.3 is 5.11 Å². The molecule has 0 spiro atoms. The molecule has 0 saturated carbocycles. The summed E-state index contributed by atoms with van der Waals surface area (Å²) in [6.07, 6.45) is 0.647. The molecule has 108 valence electrons. The molecule has 1 aromatic carbocycles. The molecule has 0 fully saturated rings. The third-order valence-electron chi connectivity index (χ3n) is 3.51. The highest BCUT2D eigenvalue weighted by Gasteiger charge is 2.17. The Kier molecular flexibility index (Phi) is 6.53. The van der Waals surface area contributed by atoms with Gasteiger partial charge in [-0.3, -0.25) is 4.90 Å². The minimum atomic E-state index is -0.396. The summed E-state index contributed by atoms with van der Waals surface area (Å²) in [5.41, 5.74) is 2.34. The van der Waals surface area contributed by atoms with Crippen molar-refractivity contribution in [3.8, 4) is 0 Å². The summed E-state index contributed by atoms with van der Waals surface area (Å²) < 4.78 is 0. The summed E-state index contributed by atoms with van der Waals surface area (Å²) in [5.74, 6) is 0.622. The van der Waals surface area contributed by atoms with E-state index in [9.17, 15) is 5.11 Å². The fourth-order valence-corrected chi connectivity index (χ4v) is 2.27. The highest BCUT2D eigenvalue weighted by molar-refractivity contribution is 5.24. The fraction of sp³-hybridized carbons (Fsp3) is 0.647. The molecule has 1 unspecified atom stereocenters. The van der Waals surface area contributed by atoms with Crippen LogP contribution in [0.3, 0.4) is 0 Å². The summed E-state index contributed by atoms with van der Waals surface area (Å²) in [4.78, 5) is 2.35. The number of benzene rings is 1. The van der Waals surface area contributed by atoms with Crippen LogP contribution >= 0.6 is 0 Å². The Balaban J connectivity index is 2.66. The number of aryl methyl sites for hydroxylation is 1. The van der Waals surface area contributed by atoms with Gasteiger partial charge in [0.15, 0.2) is 0 Å². The van der Waals surface area contributed by atoms with Gasteiger partial charge in [0.1, 0.15) is 0 Å².